The van der Waals surface area contributed by atoms with Crippen LogP contribution in [0.1, 0.15) is 20.8 Å². The lowest BCUT2D eigenvalue weighted by molar-refractivity contribution is -0.115. The second kappa shape index (κ2) is 22.5. The fourth-order valence-electron chi connectivity index (χ4n) is 0.204. The molecule has 0 aromatic heterocycles. The second-order valence-electron chi connectivity index (χ2n) is 2.17. The van der Waals surface area contributed by atoms with Gasteiger partial charge in [-0.15, -0.1) is 0 Å². The average Bonchev–Trinajstić information content (AvgIpc) is 2.08. The molecule has 0 spiro atoms. The number of carbonyl (C=O) groups excluding carboxylic acids is 1. The number of aliphatic hydroxyl groups is 1. The van der Waals surface area contributed by atoms with Crippen molar-refractivity contribution in [2.75, 3.05) is 33.9 Å². The van der Waals surface area contributed by atoms with Crippen LogP contribution >= 0.6 is 0 Å². The first kappa shape index (κ1) is 18.2. The molecule has 0 aliphatic heterocycles. The van der Waals surface area contributed by atoms with Gasteiger partial charge in [0.1, 0.15) is 0 Å². The molecular weight excluding hydrogens is 170 g/mol. The molecule has 0 saturated heterocycles. The van der Waals surface area contributed by atoms with Gasteiger partial charge in [0.25, 0.3) is 0 Å². The van der Waals surface area contributed by atoms with Crippen LogP contribution in [0, 0.1) is 0 Å². The first-order valence-electron chi connectivity index (χ1n) is 4.40. The molecule has 4 nitrogen and oxygen atoms in total. The van der Waals surface area contributed by atoms with Gasteiger partial charge in [-0.05, 0) is 20.8 Å². The van der Waals surface area contributed by atoms with Gasteiger partial charge in [0.05, 0.1) is 0 Å². The second-order valence-corrected chi connectivity index (χ2v) is 2.17. The molecule has 0 heterocycles. The van der Waals surface area contributed by atoms with Crippen molar-refractivity contribution < 1.29 is 14.6 Å². The Kier molecular flexibility index (Phi) is 31.6. The van der Waals surface area contributed by atoms with Gasteiger partial charge in [0.2, 0.25) is 6.41 Å². The Morgan fingerprint density at radius 1 is 1.23 bits per heavy atom. The Morgan fingerprint density at radius 3 is 1.46 bits per heavy atom. The predicted octanol–water partition coefficient (Wildman–Crippen LogP) is 0.746. The van der Waals surface area contributed by atoms with Crippen LogP contribution in [0.3, 0.4) is 0 Å². The van der Waals surface area contributed by atoms with Gasteiger partial charge in [-0.1, -0.05) is 0 Å². The highest BCUT2D eigenvalue weighted by Gasteiger charge is 1.68. The van der Waals surface area contributed by atoms with Crippen LogP contribution in [0.2, 0.25) is 0 Å². The van der Waals surface area contributed by atoms with Crippen LogP contribution < -0.4 is 0 Å². The first-order chi connectivity index (χ1) is 6.10. The van der Waals surface area contributed by atoms with Crippen molar-refractivity contribution >= 4 is 6.41 Å². The van der Waals surface area contributed by atoms with Crippen molar-refractivity contribution in [1.29, 1.82) is 0 Å². The summed E-state index contributed by atoms with van der Waals surface area (Å²) in [5.41, 5.74) is 0. The van der Waals surface area contributed by atoms with Crippen LogP contribution in [0.4, 0.5) is 0 Å². The smallest absolute Gasteiger partial charge is 0.209 e. The van der Waals surface area contributed by atoms with E-state index in [0.29, 0.717) is 0 Å². The summed E-state index contributed by atoms with van der Waals surface area (Å²) in [5.74, 6) is 0. The van der Waals surface area contributed by atoms with E-state index in [-0.39, 0.29) is 6.61 Å². The number of amides is 1. The Hall–Kier alpha value is -0.610. The van der Waals surface area contributed by atoms with Gasteiger partial charge in [-0.2, -0.15) is 0 Å². The number of hydrogen-bond acceptors (Lipinski definition) is 3. The van der Waals surface area contributed by atoms with Gasteiger partial charge in [0.15, 0.2) is 0 Å². The van der Waals surface area contributed by atoms with Crippen molar-refractivity contribution in [3.05, 3.63) is 0 Å². The fraction of sp³-hybridized carbons (Fsp3) is 0.889. The first-order valence-corrected chi connectivity index (χ1v) is 4.40. The minimum Gasteiger partial charge on any atom is -0.397 e. The molecule has 1 amide bonds. The van der Waals surface area contributed by atoms with Crippen molar-refractivity contribution in [3.63, 3.8) is 0 Å². The van der Waals surface area contributed by atoms with Gasteiger partial charge in [-0.25, -0.2) is 0 Å². The molecule has 1 N–H and O–H groups in total. The third-order valence-electron chi connectivity index (χ3n) is 0.619. The van der Waals surface area contributed by atoms with Crippen LogP contribution in [-0.4, -0.2) is 50.3 Å². The van der Waals surface area contributed by atoms with Gasteiger partial charge in [-0.3, -0.25) is 4.79 Å². The van der Waals surface area contributed by atoms with E-state index in [4.69, 9.17) is 9.84 Å². The monoisotopic (exact) mass is 193 g/mol. The number of aliphatic hydroxyl groups excluding tert-OH is 1. The van der Waals surface area contributed by atoms with Gasteiger partial charge >= 0.3 is 0 Å². The number of ether oxygens (including phenoxy) is 1. The highest BCUT2D eigenvalue weighted by atomic mass is 16.5. The molecule has 0 fully saturated rings. The lowest BCUT2D eigenvalue weighted by atomic mass is 10.8. The number of carbonyl (C=O) groups is 1. The normalized spacial score (nSPS) is 7.23. The maximum absolute atomic E-state index is 9.43. The Bertz CT molecular complexity index is 75.3. The van der Waals surface area contributed by atoms with Crippen molar-refractivity contribution in [2.24, 2.45) is 0 Å². The zero-order valence-corrected chi connectivity index (χ0v) is 9.41. The third-order valence-corrected chi connectivity index (χ3v) is 0.619. The molecule has 0 bridgehead atoms. The molecule has 4 heteroatoms. The lowest BCUT2D eigenvalue weighted by Gasteiger charge is -1.93. The average molecular weight is 193 g/mol. The van der Waals surface area contributed by atoms with Crippen LogP contribution in [0.15, 0.2) is 0 Å². The van der Waals surface area contributed by atoms with Gasteiger partial charge in [0, 0.05) is 33.9 Å². The minimum atomic E-state index is 0.250. The molecule has 0 unspecified atom stereocenters. The largest absolute Gasteiger partial charge is 0.397 e. The maximum Gasteiger partial charge on any atom is 0.209 e. The summed E-state index contributed by atoms with van der Waals surface area (Å²) in [6, 6.07) is 0. The van der Waals surface area contributed by atoms with Crippen LogP contribution in [0.5, 0.6) is 0 Å². The van der Waals surface area contributed by atoms with E-state index in [2.05, 4.69) is 0 Å². The van der Waals surface area contributed by atoms with E-state index < -0.39 is 0 Å². The minimum absolute atomic E-state index is 0.250. The molecule has 0 rings (SSSR count). The van der Waals surface area contributed by atoms with E-state index in [1.165, 1.54) is 4.90 Å². The quantitative estimate of drug-likeness (QED) is 0.673. The SMILES string of the molecule is CCO.CCOCC.CN(C)C=O. The maximum atomic E-state index is 9.43. The molecule has 13 heavy (non-hydrogen) atoms. The van der Waals surface area contributed by atoms with E-state index >= 15 is 0 Å². The standard InChI is InChI=1S/C4H10O.C3H7NO.C2H6O/c1-3-5-4-2;1-4(2)3-5;1-2-3/h3-4H2,1-2H3;3H,1-2H3;3H,2H2,1H3. The van der Waals surface area contributed by atoms with Crippen molar-refractivity contribution in [1.82, 2.24) is 4.90 Å². The Morgan fingerprint density at radius 2 is 1.46 bits per heavy atom. The summed E-state index contributed by atoms with van der Waals surface area (Å²) in [6.07, 6.45) is 0.750. The van der Waals surface area contributed by atoms with Crippen molar-refractivity contribution in [2.45, 2.75) is 20.8 Å². The zero-order valence-electron chi connectivity index (χ0n) is 9.41. The molecule has 82 valence electrons. The number of rotatable bonds is 3. The molecule has 0 aromatic rings. The van der Waals surface area contributed by atoms with Gasteiger partial charge < -0.3 is 14.7 Å². The summed E-state index contributed by atoms with van der Waals surface area (Å²) in [5, 5.41) is 7.57. The molecule has 0 saturated carbocycles. The Balaban J connectivity index is -0.000000120. The highest BCUT2D eigenvalue weighted by molar-refractivity contribution is 5.45. The number of nitrogens with zero attached hydrogens (tertiary/aromatic N) is 1. The molecule has 0 aliphatic rings. The summed E-state index contributed by atoms with van der Waals surface area (Å²) in [6.45, 7) is 7.60. The number of hydrogen-bond donors (Lipinski definition) is 1. The fourth-order valence-corrected chi connectivity index (χ4v) is 0.204. The molecule has 0 radical (unpaired) electrons. The molecule has 0 atom stereocenters. The van der Waals surface area contributed by atoms with Crippen molar-refractivity contribution in [3.8, 4) is 0 Å². The van der Waals surface area contributed by atoms with E-state index in [0.717, 1.165) is 19.6 Å². The summed E-state index contributed by atoms with van der Waals surface area (Å²) < 4.78 is 4.83. The zero-order chi connectivity index (χ0) is 11.1. The summed E-state index contributed by atoms with van der Waals surface area (Å²) in [4.78, 5) is 10.9. The highest BCUT2D eigenvalue weighted by Crippen LogP contribution is 1.64. The molecule has 0 aliphatic carbocycles. The van der Waals surface area contributed by atoms with E-state index in [1.807, 2.05) is 13.8 Å². The lowest BCUT2D eigenvalue weighted by Crippen LogP contribution is -2.06. The molecule has 0 aromatic carbocycles. The van der Waals surface area contributed by atoms with E-state index in [1.54, 1.807) is 21.0 Å². The Labute approximate surface area is 81.5 Å². The predicted molar refractivity (Wildman–Crippen MR) is 54.7 cm³/mol. The molecular formula is C9H23NO3. The summed E-state index contributed by atoms with van der Waals surface area (Å²) in [7, 11) is 3.38. The van der Waals surface area contributed by atoms with E-state index in [9.17, 15) is 4.79 Å². The van der Waals surface area contributed by atoms with Crippen LogP contribution in [-0.2, 0) is 9.53 Å². The topological polar surface area (TPSA) is 49.8 Å². The van der Waals surface area contributed by atoms with Crippen LogP contribution in [0.25, 0.3) is 0 Å². The third kappa shape index (κ3) is 87.4. The summed E-state index contributed by atoms with van der Waals surface area (Å²) >= 11 is 0.